The van der Waals surface area contributed by atoms with Crippen LogP contribution in [0.1, 0.15) is 82.1 Å². The van der Waals surface area contributed by atoms with E-state index in [1.807, 2.05) is 50.2 Å². The van der Waals surface area contributed by atoms with Crippen LogP contribution in [0.4, 0.5) is 0 Å². The Morgan fingerprint density at radius 3 is 1.20 bits per heavy atom. The van der Waals surface area contributed by atoms with Gasteiger partial charge in [0, 0.05) is 9.79 Å². The highest BCUT2D eigenvalue weighted by Crippen LogP contribution is 2.46. The maximum Gasteiger partial charge on any atom is 0.172 e. The van der Waals surface area contributed by atoms with Gasteiger partial charge in [0.25, 0.3) is 0 Å². The van der Waals surface area contributed by atoms with E-state index >= 15 is 0 Å². The molecule has 292 valence electrons. The molecule has 0 spiro atoms. The molecule has 2 atom stereocenters. The number of hydrogen-bond acceptors (Lipinski definition) is 4. The van der Waals surface area contributed by atoms with Crippen LogP contribution in [0.2, 0.25) is 0 Å². The van der Waals surface area contributed by atoms with Crippen molar-refractivity contribution in [2.24, 2.45) is 10.8 Å². The van der Waals surface area contributed by atoms with E-state index in [1.54, 1.807) is 23.5 Å². The van der Waals surface area contributed by atoms with Crippen LogP contribution in [0.15, 0.2) is 200 Å². The fraction of sp³-hybridized carbons (Fsp3) is 0.308. The number of thioether (sulfide) groups is 2. The second-order valence-corrected chi connectivity index (χ2v) is 18.8. The van der Waals surface area contributed by atoms with Crippen molar-refractivity contribution in [3.63, 3.8) is 0 Å². The van der Waals surface area contributed by atoms with Crippen LogP contribution in [-0.2, 0) is 9.59 Å². The summed E-state index contributed by atoms with van der Waals surface area (Å²) in [6, 6.07) is 20.4. The highest BCUT2D eigenvalue weighted by atomic mass is 32.2. The first kappa shape index (κ1) is 44.3. The van der Waals surface area contributed by atoms with Gasteiger partial charge in [-0.3, -0.25) is 9.59 Å². The summed E-state index contributed by atoms with van der Waals surface area (Å²) in [5.41, 5.74) is 8.40. The molecule has 2 aliphatic rings. The largest absolute Gasteiger partial charge is 0.293 e. The molecule has 0 bridgehead atoms. The van der Waals surface area contributed by atoms with Gasteiger partial charge in [-0.05, 0) is 112 Å². The number of hydrogen-bond donors (Lipinski definition) is 0. The Morgan fingerprint density at radius 2 is 0.839 bits per heavy atom. The second kappa shape index (κ2) is 20.7. The van der Waals surface area contributed by atoms with Gasteiger partial charge in [0.2, 0.25) is 0 Å². The van der Waals surface area contributed by atoms with Gasteiger partial charge in [-0.1, -0.05) is 171 Å². The van der Waals surface area contributed by atoms with E-state index in [-0.39, 0.29) is 32.9 Å². The van der Waals surface area contributed by atoms with Gasteiger partial charge < -0.3 is 0 Å². The van der Waals surface area contributed by atoms with E-state index in [0.717, 1.165) is 67.2 Å². The SMILES string of the molecule is CC1=C(/C=C/C(C)=C/C=C/C(C)=C/C=C/C=C(C)/C=C/C=C(C)/C=C/C2=C(C)C(=O)C(Sc3ccccc3)CC2(C)C)C(C)(C)CC(Sc2ccccc2)C1=O. The molecule has 0 heterocycles. The number of ketones is 2. The lowest BCUT2D eigenvalue weighted by atomic mass is 9.72. The Morgan fingerprint density at radius 1 is 0.518 bits per heavy atom. The zero-order chi connectivity index (χ0) is 40.9. The van der Waals surface area contributed by atoms with Crippen molar-refractivity contribution < 1.29 is 9.59 Å². The van der Waals surface area contributed by atoms with Crippen LogP contribution in [0.3, 0.4) is 0 Å². The molecular formula is C52H60O2S2. The van der Waals surface area contributed by atoms with Crippen LogP contribution in [-0.4, -0.2) is 22.1 Å². The molecule has 2 aromatic rings. The molecule has 2 unspecified atom stereocenters. The van der Waals surface area contributed by atoms with Gasteiger partial charge in [0.15, 0.2) is 11.6 Å². The molecule has 56 heavy (non-hydrogen) atoms. The van der Waals surface area contributed by atoms with Gasteiger partial charge in [-0.25, -0.2) is 0 Å². The maximum absolute atomic E-state index is 13.3. The predicted molar refractivity (Wildman–Crippen MR) is 245 cm³/mol. The number of allylic oxidation sites excluding steroid dienone is 22. The number of benzene rings is 2. The zero-order valence-electron chi connectivity index (χ0n) is 35.1. The molecule has 0 saturated carbocycles. The van der Waals surface area contributed by atoms with Crippen LogP contribution < -0.4 is 0 Å². The van der Waals surface area contributed by atoms with Crippen LogP contribution in [0.5, 0.6) is 0 Å². The molecule has 4 rings (SSSR count). The van der Waals surface area contributed by atoms with Crippen molar-refractivity contribution in [2.45, 2.75) is 102 Å². The van der Waals surface area contributed by atoms with Crippen LogP contribution in [0, 0.1) is 10.8 Å². The van der Waals surface area contributed by atoms with Crippen LogP contribution >= 0.6 is 23.5 Å². The average Bonchev–Trinajstić information content (AvgIpc) is 3.15. The van der Waals surface area contributed by atoms with Crippen molar-refractivity contribution in [3.05, 3.63) is 190 Å². The first-order chi connectivity index (χ1) is 26.6. The second-order valence-electron chi connectivity index (χ2n) is 16.2. The smallest absolute Gasteiger partial charge is 0.172 e. The third-order valence-electron chi connectivity index (χ3n) is 10.3. The molecule has 0 fully saturated rings. The number of carbonyl (C=O) groups excluding carboxylic acids is 2. The third kappa shape index (κ3) is 13.1. The molecule has 0 radical (unpaired) electrons. The van der Waals surface area contributed by atoms with Gasteiger partial charge in [-0.15, -0.1) is 23.5 Å². The van der Waals surface area contributed by atoms with Gasteiger partial charge in [0.1, 0.15) is 0 Å². The Balaban J connectivity index is 1.28. The Kier molecular flexibility index (Phi) is 16.4. The number of Topliss-reactive ketones (excluding diaryl/α,β-unsaturated/α-hetero) is 2. The van der Waals surface area contributed by atoms with E-state index in [4.69, 9.17) is 0 Å². The fourth-order valence-electron chi connectivity index (χ4n) is 7.08. The molecule has 0 amide bonds. The molecule has 2 aliphatic carbocycles. The summed E-state index contributed by atoms with van der Waals surface area (Å²) >= 11 is 3.36. The average molecular weight is 781 g/mol. The lowest BCUT2D eigenvalue weighted by Crippen LogP contribution is -2.34. The molecular weight excluding hydrogens is 721 g/mol. The molecule has 2 nitrogen and oxygen atoms in total. The van der Waals surface area contributed by atoms with Gasteiger partial charge >= 0.3 is 0 Å². The summed E-state index contributed by atoms with van der Waals surface area (Å²) in [5, 5.41) is -0.111. The van der Waals surface area contributed by atoms with E-state index < -0.39 is 0 Å². The van der Waals surface area contributed by atoms with Gasteiger partial charge in [0.05, 0.1) is 10.5 Å². The summed E-state index contributed by atoms with van der Waals surface area (Å²) in [6.07, 6.45) is 31.0. The summed E-state index contributed by atoms with van der Waals surface area (Å²) in [6.45, 7) is 21.3. The van der Waals surface area contributed by atoms with E-state index in [2.05, 4.69) is 165 Å². The van der Waals surface area contributed by atoms with Crippen molar-refractivity contribution in [1.29, 1.82) is 0 Å². The minimum Gasteiger partial charge on any atom is -0.293 e. The topological polar surface area (TPSA) is 34.1 Å². The van der Waals surface area contributed by atoms with E-state index in [9.17, 15) is 9.59 Å². The van der Waals surface area contributed by atoms with Crippen molar-refractivity contribution in [3.8, 4) is 0 Å². The normalized spacial score (nSPS) is 21.7. The summed E-state index contributed by atoms with van der Waals surface area (Å²) < 4.78 is 0. The maximum atomic E-state index is 13.3. The quantitative estimate of drug-likeness (QED) is 0.179. The minimum absolute atomic E-state index is 0.0555. The van der Waals surface area contributed by atoms with Crippen molar-refractivity contribution in [2.75, 3.05) is 0 Å². The number of rotatable bonds is 14. The first-order valence-electron chi connectivity index (χ1n) is 19.6. The summed E-state index contributed by atoms with van der Waals surface area (Å²) in [7, 11) is 0. The number of carbonyl (C=O) groups is 2. The lowest BCUT2D eigenvalue weighted by molar-refractivity contribution is -0.116. The standard InChI is InChI=1S/C52H60O2S2/c1-37(23-19-25-39(3)31-33-45-41(5)49(53)47(35-51(45,7)8)55-43-27-13-11-14-28-43)21-17-18-22-38(2)24-20-26-40(4)32-34-46-42(6)50(54)48(36-52(46,9)10)56-44-29-15-12-16-30-44/h11-34,47-48H,35-36H2,1-10H3/b18-17+,23-19+,24-20+,33-31+,34-32+,37-21+,38-22+,39-25+,40-26+. The molecule has 0 aromatic heterocycles. The van der Waals surface area contributed by atoms with Crippen molar-refractivity contribution >= 4 is 35.1 Å². The van der Waals surface area contributed by atoms with E-state index in [1.165, 1.54) is 0 Å². The molecule has 0 saturated heterocycles. The zero-order valence-corrected chi connectivity index (χ0v) is 36.7. The summed E-state index contributed by atoms with van der Waals surface area (Å²) in [5.74, 6) is 0.481. The third-order valence-corrected chi connectivity index (χ3v) is 12.7. The Labute approximate surface area is 346 Å². The highest BCUT2D eigenvalue weighted by molar-refractivity contribution is 8.01. The monoisotopic (exact) mass is 780 g/mol. The summed E-state index contributed by atoms with van der Waals surface area (Å²) in [4.78, 5) is 28.9. The Hall–Kier alpha value is -4.38. The van der Waals surface area contributed by atoms with Crippen LogP contribution in [0.25, 0.3) is 0 Å². The lowest BCUT2D eigenvalue weighted by Gasteiger charge is -2.36. The molecule has 4 heteroatoms. The van der Waals surface area contributed by atoms with E-state index in [0.29, 0.717) is 0 Å². The Bertz CT molecular complexity index is 1920. The predicted octanol–water partition coefficient (Wildman–Crippen LogP) is 14.5. The molecule has 2 aromatic carbocycles. The first-order valence-corrected chi connectivity index (χ1v) is 21.4. The molecule has 0 N–H and O–H groups in total. The minimum atomic E-state index is -0.0843. The fourth-order valence-corrected chi connectivity index (χ4v) is 9.94. The van der Waals surface area contributed by atoms with Crippen molar-refractivity contribution in [1.82, 2.24) is 0 Å². The van der Waals surface area contributed by atoms with Gasteiger partial charge in [-0.2, -0.15) is 0 Å². The molecule has 0 aliphatic heterocycles. The highest BCUT2D eigenvalue weighted by Gasteiger charge is 2.39.